The molecule has 0 aliphatic heterocycles. The van der Waals surface area contributed by atoms with Crippen LogP contribution in [-0.2, 0) is 0 Å². The Labute approximate surface area is 98.4 Å². The number of benzene rings is 1. The van der Waals surface area contributed by atoms with Crippen LogP contribution in [0.2, 0.25) is 0 Å². The van der Waals surface area contributed by atoms with E-state index in [4.69, 9.17) is 4.74 Å². The Morgan fingerprint density at radius 1 is 1.43 bits per heavy atom. The van der Waals surface area contributed by atoms with Crippen molar-refractivity contribution in [2.75, 3.05) is 12.4 Å². The average molecular weight is 273 g/mol. The lowest BCUT2D eigenvalue weighted by Crippen LogP contribution is -2.14. The average Bonchev–Trinajstić information content (AvgIpc) is 2.96. The molecule has 2 rings (SSSR count). The van der Waals surface area contributed by atoms with Gasteiger partial charge in [0.1, 0.15) is 5.75 Å². The summed E-state index contributed by atoms with van der Waals surface area (Å²) in [6, 6.07) is 7.96. The Morgan fingerprint density at radius 2 is 2.21 bits per heavy atom. The smallest absolute Gasteiger partial charge is 0.120 e. The first-order chi connectivity index (χ1) is 6.74. The Morgan fingerprint density at radius 3 is 2.79 bits per heavy atom. The number of hydrogen-bond acceptors (Lipinski definition) is 2. The molecular weight excluding hydrogens is 260 g/mol. The molecule has 0 aromatic heterocycles. The standard InChI is InChI=1S/C11H13BrOS/c12-9-2-1-3-10(6-9)13-7-11(8-14)4-5-11/h1-3,6,14H,4-5,7-8H2. The molecule has 0 atom stereocenters. The Hall–Kier alpha value is -0.150. The summed E-state index contributed by atoms with van der Waals surface area (Å²) < 4.78 is 6.79. The zero-order valence-corrected chi connectivity index (χ0v) is 10.4. The van der Waals surface area contributed by atoms with Gasteiger partial charge in [-0.3, -0.25) is 0 Å². The zero-order chi connectivity index (χ0) is 10.0. The molecule has 0 saturated heterocycles. The quantitative estimate of drug-likeness (QED) is 0.825. The number of thiol groups is 1. The highest BCUT2D eigenvalue weighted by atomic mass is 79.9. The fraction of sp³-hybridized carbons (Fsp3) is 0.455. The van der Waals surface area contributed by atoms with Gasteiger partial charge in [0.05, 0.1) is 6.61 Å². The van der Waals surface area contributed by atoms with Crippen LogP contribution in [0.25, 0.3) is 0 Å². The Balaban J connectivity index is 1.92. The molecule has 0 spiro atoms. The first-order valence-corrected chi connectivity index (χ1v) is 6.16. The van der Waals surface area contributed by atoms with Crippen molar-refractivity contribution in [2.24, 2.45) is 5.41 Å². The summed E-state index contributed by atoms with van der Waals surface area (Å²) in [5.74, 6) is 1.87. The summed E-state index contributed by atoms with van der Waals surface area (Å²) in [5.41, 5.74) is 0.366. The highest BCUT2D eigenvalue weighted by Crippen LogP contribution is 2.46. The molecule has 0 N–H and O–H groups in total. The molecule has 1 saturated carbocycles. The largest absolute Gasteiger partial charge is 0.493 e. The fourth-order valence-electron chi connectivity index (χ4n) is 1.32. The van der Waals surface area contributed by atoms with Gasteiger partial charge in [-0.25, -0.2) is 0 Å². The van der Waals surface area contributed by atoms with Crippen molar-refractivity contribution < 1.29 is 4.74 Å². The van der Waals surface area contributed by atoms with Gasteiger partial charge in [-0.05, 0) is 36.8 Å². The van der Waals surface area contributed by atoms with Crippen molar-refractivity contribution in [1.82, 2.24) is 0 Å². The molecule has 14 heavy (non-hydrogen) atoms. The van der Waals surface area contributed by atoms with E-state index in [1.54, 1.807) is 0 Å². The first-order valence-electron chi connectivity index (χ1n) is 4.73. The van der Waals surface area contributed by atoms with E-state index in [9.17, 15) is 0 Å². The van der Waals surface area contributed by atoms with Gasteiger partial charge >= 0.3 is 0 Å². The van der Waals surface area contributed by atoms with Crippen molar-refractivity contribution in [2.45, 2.75) is 12.8 Å². The Bertz CT molecular complexity index is 323. The highest BCUT2D eigenvalue weighted by molar-refractivity contribution is 9.10. The number of halogens is 1. The molecular formula is C11H13BrOS. The first kappa shape index (κ1) is 10.4. The van der Waals surface area contributed by atoms with Crippen LogP contribution in [0, 0.1) is 5.41 Å². The topological polar surface area (TPSA) is 9.23 Å². The predicted octanol–water partition coefficient (Wildman–Crippen LogP) is 3.54. The third-order valence-electron chi connectivity index (χ3n) is 2.63. The van der Waals surface area contributed by atoms with Crippen molar-refractivity contribution >= 4 is 28.6 Å². The van der Waals surface area contributed by atoms with Crippen molar-refractivity contribution in [3.63, 3.8) is 0 Å². The predicted molar refractivity (Wildman–Crippen MR) is 65.2 cm³/mol. The SMILES string of the molecule is SCC1(COc2cccc(Br)c2)CC1. The van der Waals surface area contributed by atoms with Crippen LogP contribution in [0.5, 0.6) is 5.75 Å². The van der Waals surface area contributed by atoms with Crippen molar-refractivity contribution in [1.29, 1.82) is 0 Å². The molecule has 1 aromatic rings. The van der Waals surface area contributed by atoms with Gasteiger partial charge in [-0.15, -0.1) is 0 Å². The molecule has 0 bridgehead atoms. The summed E-state index contributed by atoms with van der Waals surface area (Å²) in [7, 11) is 0. The number of ether oxygens (including phenoxy) is 1. The molecule has 0 amide bonds. The maximum absolute atomic E-state index is 5.73. The van der Waals surface area contributed by atoms with Crippen LogP contribution < -0.4 is 4.74 Å². The maximum atomic E-state index is 5.73. The van der Waals surface area contributed by atoms with Crippen molar-refractivity contribution in [3.8, 4) is 5.75 Å². The summed E-state index contributed by atoms with van der Waals surface area (Å²) in [5, 5.41) is 0. The van der Waals surface area contributed by atoms with Gasteiger partial charge in [-0.1, -0.05) is 22.0 Å². The molecule has 1 aromatic carbocycles. The Kier molecular flexibility index (Phi) is 3.07. The monoisotopic (exact) mass is 272 g/mol. The van der Waals surface area contributed by atoms with E-state index < -0.39 is 0 Å². The molecule has 1 aliphatic carbocycles. The fourth-order valence-corrected chi connectivity index (χ4v) is 2.10. The van der Waals surface area contributed by atoms with E-state index in [-0.39, 0.29) is 0 Å². The molecule has 0 radical (unpaired) electrons. The van der Waals surface area contributed by atoms with Gasteiger partial charge in [0.15, 0.2) is 0 Å². The van der Waals surface area contributed by atoms with E-state index in [0.717, 1.165) is 22.6 Å². The van der Waals surface area contributed by atoms with Gasteiger partial charge < -0.3 is 4.74 Å². The molecule has 0 heterocycles. The number of rotatable bonds is 4. The van der Waals surface area contributed by atoms with Crippen LogP contribution in [0.15, 0.2) is 28.7 Å². The maximum Gasteiger partial charge on any atom is 0.120 e. The summed E-state index contributed by atoms with van der Waals surface area (Å²) in [4.78, 5) is 0. The van der Waals surface area contributed by atoms with Gasteiger partial charge in [0, 0.05) is 9.89 Å². The van der Waals surface area contributed by atoms with Gasteiger partial charge in [0.2, 0.25) is 0 Å². The molecule has 1 nitrogen and oxygen atoms in total. The molecule has 76 valence electrons. The van der Waals surface area contributed by atoms with Crippen molar-refractivity contribution in [3.05, 3.63) is 28.7 Å². The lowest BCUT2D eigenvalue weighted by atomic mass is 10.2. The van der Waals surface area contributed by atoms with Crippen LogP contribution >= 0.6 is 28.6 Å². The minimum Gasteiger partial charge on any atom is -0.493 e. The lowest BCUT2D eigenvalue weighted by molar-refractivity contribution is 0.250. The molecule has 3 heteroatoms. The zero-order valence-electron chi connectivity index (χ0n) is 7.87. The highest BCUT2D eigenvalue weighted by Gasteiger charge is 2.42. The summed E-state index contributed by atoms with van der Waals surface area (Å²) >= 11 is 7.76. The minimum atomic E-state index is 0.366. The van der Waals surface area contributed by atoms with Crippen LogP contribution in [0.4, 0.5) is 0 Å². The minimum absolute atomic E-state index is 0.366. The second kappa shape index (κ2) is 4.15. The summed E-state index contributed by atoms with van der Waals surface area (Å²) in [6.45, 7) is 0.799. The van der Waals surface area contributed by atoms with E-state index in [0.29, 0.717) is 5.41 Å². The molecule has 0 unspecified atom stereocenters. The van der Waals surface area contributed by atoms with Gasteiger partial charge in [-0.2, -0.15) is 12.6 Å². The van der Waals surface area contributed by atoms with E-state index in [2.05, 4.69) is 28.6 Å². The third-order valence-corrected chi connectivity index (χ3v) is 3.80. The van der Waals surface area contributed by atoms with Gasteiger partial charge in [0.25, 0.3) is 0 Å². The lowest BCUT2D eigenvalue weighted by Gasteiger charge is -2.13. The normalized spacial score (nSPS) is 17.9. The van der Waals surface area contributed by atoms with E-state index >= 15 is 0 Å². The van der Waals surface area contributed by atoms with Crippen LogP contribution in [-0.4, -0.2) is 12.4 Å². The summed E-state index contributed by atoms with van der Waals surface area (Å²) in [6.07, 6.45) is 2.51. The molecule has 1 fully saturated rings. The van der Waals surface area contributed by atoms with Crippen LogP contribution in [0.3, 0.4) is 0 Å². The second-order valence-electron chi connectivity index (χ2n) is 3.90. The third kappa shape index (κ3) is 2.45. The second-order valence-corrected chi connectivity index (χ2v) is 5.14. The number of hydrogen-bond donors (Lipinski definition) is 1. The van der Waals surface area contributed by atoms with E-state index in [1.807, 2.05) is 24.3 Å². The van der Waals surface area contributed by atoms with E-state index in [1.165, 1.54) is 12.8 Å². The van der Waals surface area contributed by atoms with Crippen LogP contribution in [0.1, 0.15) is 12.8 Å². The molecule has 1 aliphatic rings.